The van der Waals surface area contributed by atoms with Gasteiger partial charge in [0, 0.05) is 37.5 Å². The van der Waals surface area contributed by atoms with Crippen LogP contribution in [0.3, 0.4) is 0 Å². The standard InChI is InChI=1S/C17H24N6OS.HI/c1-17(8-5-11-25-17)12-21-16(18-2)20-10-7-14-22-15(24-23-14)13-6-3-4-9-19-13;/h3-4,6,9H,5,7-8,10-12H2,1-2H3,(H2,18,20,21);1H. The van der Waals surface area contributed by atoms with E-state index in [2.05, 4.69) is 37.7 Å². The van der Waals surface area contributed by atoms with Gasteiger partial charge >= 0.3 is 0 Å². The number of nitrogens with zero attached hydrogens (tertiary/aromatic N) is 4. The van der Waals surface area contributed by atoms with Crippen LogP contribution in [0.1, 0.15) is 25.6 Å². The first kappa shape index (κ1) is 20.9. The molecule has 0 aromatic carbocycles. The Hall–Kier alpha value is -1.36. The van der Waals surface area contributed by atoms with Gasteiger partial charge in [0.05, 0.1) is 0 Å². The van der Waals surface area contributed by atoms with E-state index < -0.39 is 0 Å². The molecule has 0 radical (unpaired) electrons. The number of hydrogen-bond donors (Lipinski definition) is 2. The number of nitrogens with one attached hydrogen (secondary N) is 2. The van der Waals surface area contributed by atoms with Gasteiger partial charge in [0.25, 0.3) is 5.89 Å². The molecule has 9 heteroatoms. The molecule has 0 aliphatic carbocycles. The van der Waals surface area contributed by atoms with Gasteiger partial charge in [-0.25, -0.2) is 0 Å². The summed E-state index contributed by atoms with van der Waals surface area (Å²) in [7, 11) is 1.78. The maximum atomic E-state index is 5.26. The van der Waals surface area contributed by atoms with Crippen molar-refractivity contribution in [2.75, 3.05) is 25.9 Å². The van der Waals surface area contributed by atoms with Crippen LogP contribution < -0.4 is 10.6 Å². The predicted molar refractivity (Wildman–Crippen MR) is 116 cm³/mol. The van der Waals surface area contributed by atoms with E-state index in [1.807, 2.05) is 30.0 Å². The smallest absolute Gasteiger partial charge is 0.276 e. The van der Waals surface area contributed by atoms with Gasteiger partial charge in [-0.1, -0.05) is 11.2 Å². The number of aliphatic imine (C=N–C) groups is 1. The fourth-order valence-corrected chi connectivity index (χ4v) is 3.95. The average Bonchev–Trinajstić information content (AvgIpc) is 3.28. The van der Waals surface area contributed by atoms with Crippen LogP contribution in [0.25, 0.3) is 11.6 Å². The summed E-state index contributed by atoms with van der Waals surface area (Å²) in [6, 6.07) is 5.60. The monoisotopic (exact) mass is 488 g/mol. The fourth-order valence-electron chi connectivity index (χ4n) is 2.71. The molecule has 1 saturated heterocycles. The first-order valence-electron chi connectivity index (χ1n) is 8.51. The molecule has 1 fully saturated rings. The zero-order chi connectivity index (χ0) is 17.5. The molecule has 0 saturated carbocycles. The zero-order valence-electron chi connectivity index (χ0n) is 15.1. The topological polar surface area (TPSA) is 88.2 Å². The van der Waals surface area contributed by atoms with Gasteiger partial charge in [0.2, 0.25) is 0 Å². The molecule has 1 aliphatic rings. The second kappa shape index (κ2) is 10.1. The number of halogens is 1. The molecular weight excluding hydrogens is 463 g/mol. The Morgan fingerprint density at radius 3 is 2.96 bits per heavy atom. The number of guanidine groups is 1. The van der Waals surface area contributed by atoms with Gasteiger partial charge in [-0.05, 0) is 37.7 Å². The molecule has 1 atom stereocenters. The van der Waals surface area contributed by atoms with Crippen molar-refractivity contribution in [2.45, 2.75) is 30.9 Å². The first-order valence-corrected chi connectivity index (χ1v) is 9.49. The van der Waals surface area contributed by atoms with Gasteiger partial charge in [0.1, 0.15) is 5.69 Å². The van der Waals surface area contributed by atoms with Gasteiger partial charge < -0.3 is 15.2 Å². The van der Waals surface area contributed by atoms with E-state index >= 15 is 0 Å². The third-order valence-electron chi connectivity index (χ3n) is 4.15. The first-order chi connectivity index (χ1) is 12.2. The molecule has 1 aliphatic heterocycles. The lowest BCUT2D eigenvalue weighted by Gasteiger charge is -2.24. The van der Waals surface area contributed by atoms with E-state index in [9.17, 15) is 0 Å². The number of thioether (sulfide) groups is 1. The molecule has 3 rings (SSSR count). The lowest BCUT2D eigenvalue weighted by molar-refractivity contribution is 0.421. The number of rotatable bonds is 6. The molecule has 2 aromatic rings. The Kier molecular flexibility index (Phi) is 8.14. The van der Waals surface area contributed by atoms with Crippen LogP contribution in [-0.4, -0.2) is 51.7 Å². The minimum atomic E-state index is 0. The summed E-state index contributed by atoms with van der Waals surface area (Å²) >= 11 is 2.03. The van der Waals surface area contributed by atoms with E-state index in [1.165, 1.54) is 18.6 Å². The molecule has 142 valence electrons. The van der Waals surface area contributed by atoms with E-state index in [0.717, 1.165) is 12.5 Å². The van der Waals surface area contributed by atoms with Crippen LogP contribution in [0.15, 0.2) is 33.9 Å². The van der Waals surface area contributed by atoms with Crippen molar-refractivity contribution in [1.29, 1.82) is 0 Å². The highest BCUT2D eigenvalue weighted by Gasteiger charge is 2.29. The summed E-state index contributed by atoms with van der Waals surface area (Å²) in [5.41, 5.74) is 0.689. The quantitative estimate of drug-likeness (QED) is 0.367. The number of pyridine rings is 1. The molecule has 0 bridgehead atoms. The summed E-state index contributed by atoms with van der Waals surface area (Å²) in [4.78, 5) is 12.9. The molecule has 0 spiro atoms. The van der Waals surface area contributed by atoms with Crippen LogP contribution in [0.5, 0.6) is 0 Å². The summed E-state index contributed by atoms with van der Waals surface area (Å²) in [6.45, 7) is 3.91. The maximum Gasteiger partial charge on any atom is 0.276 e. The Morgan fingerprint density at radius 1 is 1.38 bits per heavy atom. The highest BCUT2D eigenvalue weighted by Crippen LogP contribution is 2.36. The van der Waals surface area contributed by atoms with Crippen molar-refractivity contribution in [3.8, 4) is 11.6 Å². The van der Waals surface area contributed by atoms with Crippen LogP contribution in [-0.2, 0) is 6.42 Å². The molecule has 1 unspecified atom stereocenters. The van der Waals surface area contributed by atoms with E-state index in [1.54, 1.807) is 13.2 Å². The van der Waals surface area contributed by atoms with Crippen LogP contribution in [0.2, 0.25) is 0 Å². The normalized spacial score (nSPS) is 19.8. The van der Waals surface area contributed by atoms with Crippen LogP contribution in [0, 0.1) is 0 Å². The van der Waals surface area contributed by atoms with Crippen molar-refractivity contribution < 1.29 is 4.52 Å². The minimum Gasteiger partial charge on any atom is -0.356 e. The molecule has 2 aromatic heterocycles. The highest BCUT2D eigenvalue weighted by molar-refractivity contribution is 14.0. The van der Waals surface area contributed by atoms with E-state index in [-0.39, 0.29) is 24.0 Å². The zero-order valence-corrected chi connectivity index (χ0v) is 18.2. The molecular formula is C17H25IN6OS. The molecule has 26 heavy (non-hydrogen) atoms. The van der Waals surface area contributed by atoms with E-state index in [4.69, 9.17) is 4.52 Å². The molecule has 7 nitrogen and oxygen atoms in total. The van der Waals surface area contributed by atoms with Crippen LogP contribution >= 0.6 is 35.7 Å². The molecule has 2 N–H and O–H groups in total. The third-order valence-corrected chi connectivity index (χ3v) is 5.69. The molecule has 3 heterocycles. The van der Waals surface area contributed by atoms with E-state index in [0.29, 0.717) is 35.1 Å². The van der Waals surface area contributed by atoms with Crippen molar-refractivity contribution in [1.82, 2.24) is 25.8 Å². The lowest BCUT2D eigenvalue weighted by atomic mass is 10.1. The van der Waals surface area contributed by atoms with Crippen LogP contribution in [0.4, 0.5) is 0 Å². The minimum absolute atomic E-state index is 0. The Morgan fingerprint density at radius 2 is 2.27 bits per heavy atom. The predicted octanol–water partition coefficient (Wildman–Crippen LogP) is 2.74. The number of aromatic nitrogens is 3. The van der Waals surface area contributed by atoms with Crippen molar-refractivity contribution >= 4 is 41.7 Å². The average molecular weight is 488 g/mol. The van der Waals surface area contributed by atoms with Gasteiger partial charge in [-0.2, -0.15) is 16.7 Å². The molecule has 0 amide bonds. The summed E-state index contributed by atoms with van der Waals surface area (Å²) in [6.07, 6.45) is 4.91. The second-order valence-corrected chi connectivity index (χ2v) is 7.92. The SMILES string of the molecule is CN=C(NCCc1noc(-c2ccccn2)n1)NCC1(C)CCCS1.I. The second-order valence-electron chi connectivity index (χ2n) is 6.24. The summed E-state index contributed by atoms with van der Waals surface area (Å²) in [5.74, 6) is 3.16. The van der Waals surface area contributed by atoms with Gasteiger partial charge in [0.15, 0.2) is 11.8 Å². The van der Waals surface area contributed by atoms with Crippen molar-refractivity contribution in [3.63, 3.8) is 0 Å². The largest absolute Gasteiger partial charge is 0.356 e. The third kappa shape index (κ3) is 5.83. The van der Waals surface area contributed by atoms with Crippen molar-refractivity contribution in [3.05, 3.63) is 30.2 Å². The highest BCUT2D eigenvalue weighted by atomic mass is 127. The summed E-state index contributed by atoms with van der Waals surface area (Å²) in [5, 5.41) is 10.7. The Bertz CT molecular complexity index is 702. The van der Waals surface area contributed by atoms with Gasteiger partial charge in [-0.3, -0.25) is 9.98 Å². The Balaban J connectivity index is 0.00000243. The number of hydrogen-bond acceptors (Lipinski definition) is 6. The Labute approximate surface area is 175 Å². The fraction of sp³-hybridized carbons (Fsp3) is 0.529. The maximum absolute atomic E-state index is 5.26. The van der Waals surface area contributed by atoms with Gasteiger partial charge in [-0.15, -0.1) is 24.0 Å². The summed E-state index contributed by atoms with van der Waals surface area (Å²) < 4.78 is 5.57. The lowest BCUT2D eigenvalue weighted by Crippen LogP contribution is -2.44. The van der Waals surface area contributed by atoms with Crippen molar-refractivity contribution in [2.24, 2.45) is 4.99 Å².